The minimum absolute atomic E-state index is 0.152. The van der Waals surface area contributed by atoms with Gasteiger partial charge < -0.3 is 9.84 Å². The summed E-state index contributed by atoms with van der Waals surface area (Å²) < 4.78 is 28.1. The molecule has 15 heavy (non-hydrogen) atoms. The number of alkyl halides is 2. The third-order valence-corrected chi connectivity index (χ3v) is 1.64. The highest BCUT2D eigenvalue weighted by atomic mass is 19.3. The number of aliphatic hydroxyl groups is 1. The van der Waals surface area contributed by atoms with Crippen molar-refractivity contribution >= 4 is 0 Å². The van der Waals surface area contributed by atoms with E-state index < -0.39 is 13.0 Å². The minimum Gasteiger partial charge on any atom is -0.390 e. The number of aliphatic hydroxyl groups excluding tert-OH is 1. The molecule has 1 aromatic rings. The summed E-state index contributed by atoms with van der Waals surface area (Å²) in [5.41, 5.74) is 0.508. The third kappa shape index (κ3) is 4.75. The maximum Gasteiger partial charge on any atom is 0.261 e. The molecule has 1 aromatic heterocycles. The van der Waals surface area contributed by atoms with E-state index >= 15 is 0 Å². The lowest BCUT2D eigenvalue weighted by molar-refractivity contribution is 0.0182. The standard InChI is InChI=1S/C9H12F2N2O2/c10-8(11)6-15-4-2-9-12-3-1-7(5-14)13-9/h1,3,8,14H,2,4-6H2. The Morgan fingerprint density at radius 1 is 1.47 bits per heavy atom. The van der Waals surface area contributed by atoms with Gasteiger partial charge in [-0.3, -0.25) is 0 Å². The van der Waals surface area contributed by atoms with Crippen molar-refractivity contribution in [3.63, 3.8) is 0 Å². The highest BCUT2D eigenvalue weighted by molar-refractivity contribution is 5.00. The maximum absolute atomic E-state index is 11.7. The van der Waals surface area contributed by atoms with Crippen LogP contribution in [0.4, 0.5) is 8.78 Å². The van der Waals surface area contributed by atoms with Gasteiger partial charge in [-0.15, -0.1) is 0 Å². The molecule has 0 aliphatic carbocycles. The smallest absolute Gasteiger partial charge is 0.261 e. The molecular formula is C9H12F2N2O2. The summed E-state index contributed by atoms with van der Waals surface area (Å²) in [6.45, 7) is -0.577. The van der Waals surface area contributed by atoms with Crippen molar-refractivity contribution in [3.8, 4) is 0 Å². The molecule has 0 spiro atoms. The van der Waals surface area contributed by atoms with Gasteiger partial charge in [-0.05, 0) is 6.07 Å². The molecule has 0 aliphatic heterocycles. The van der Waals surface area contributed by atoms with Gasteiger partial charge in [0.25, 0.3) is 6.43 Å². The van der Waals surface area contributed by atoms with E-state index in [1.807, 2.05) is 0 Å². The first-order valence-corrected chi connectivity index (χ1v) is 4.50. The number of nitrogens with zero attached hydrogens (tertiary/aromatic N) is 2. The van der Waals surface area contributed by atoms with Gasteiger partial charge >= 0.3 is 0 Å². The van der Waals surface area contributed by atoms with Crippen LogP contribution < -0.4 is 0 Å². The van der Waals surface area contributed by atoms with Crippen LogP contribution in [0.15, 0.2) is 12.3 Å². The van der Waals surface area contributed by atoms with Gasteiger partial charge in [-0.2, -0.15) is 0 Å². The second-order valence-electron chi connectivity index (χ2n) is 2.84. The lowest BCUT2D eigenvalue weighted by Gasteiger charge is -2.03. The first kappa shape index (κ1) is 11.9. The van der Waals surface area contributed by atoms with E-state index in [2.05, 4.69) is 14.7 Å². The summed E-state index contributed by atoms with van der Waals surface area (Å²) in [6.07, 6.45) is -0.573. The summed E-state index contributed by atoms with van der Waals surface area (Å²) in [4.78, 5) is 7.89. The summed E-state index contributed by atoms with van der Waals surface area (Å²) in [7, 11) is 0. The van der Waals surface area contributed by atoms with Crippen molar-refractivity contribution in [3.05, 3.63) is 23.8 Å². The summed E-state index contributed by atoms with van der Waals surface area (Å²) >= 11 is 0. The van der Waals surface area contributed by atoms with Crippen molar-refractivity contribution in [1.29, 1.82) is 0 Å². The average molecular weight is 218 g/mol. The highest BCUT2D eigenvalue weighted by Gasteiger charge is 2.03. The van der Waals surface area contributed by atoms with Gasteiger partial charge in [0.1, 0.15) is 12.4 Å². The molecule has 6 heteroatoms. The normalized spacial score (nSPS) is 10.9. The predicted octanol–water partition coefficient (Wildman–Crippen LogP) is 0.793. The summed E-state index contributed by atoms with van der Waals surface area (Å²) in [6, 6.07) is 1.59. The molecule has 0 saturated carbocycles. The zero-order chi connectivity index (χ0) is 11.1. The Hall–Kier alpha value is -1.14. The van der Waals surface area contributed by atoms with Crippen molar-refractivity contribution in [2.24, 2.45) is 0 Å². The molecule has 0 atom stereocenters. The molecule has 1 N–H and O–H groups in total. The molecule has 0 fully saturated rings. The zero-order valence-corrected chi connectivity index (χ0v) is 8.07. The Morgan fingerprint density at radius 3 is 2.93 bits per heavy atom. The van der Waals surface area contributed by atoms with Crippen LogP contribution in [-0.4, -0.2) is 34.7 Å². The first-order valence-electron chi connectivity index (χ1n) is 4.50. The quantitative estimate of drug-likeness (QED) is 0.717. The average Bonchev–Trinajstić information content (AvgIpc) is 2.24. The van der Waals surface area contributed by atoms with E-state index in [-0.39, 0.29) is 13.2 Å². The van der Waals surface area contributed by atoms with Gasteiger partial charge in [0.05, 0.1) is 18.9 Å². The Morgan fingerprint density at radius 2 is 2.27 bits per heavy atom. The first-order chi connectivity index (χ1) is 7.22. The Labute approximate surface area is 85.9 Å². The van der Waals surface area contributed by atoms with Crippen LogP contribution in [0.25, 0.3) is 0 Å². The molecular weight excluding hydrogens is 206 g/mol. The molecule has 0 amide bonds. The Bertz CT molecular complexity index is 297. The van der Waals surface area contributed by atoms with E-state index in [1.165, 1.54) is 6.20 Å². The predicted molar refractivity (Wildman–Crippen MR) is 48.5 cm³/mol. The molecule has 0 saturated heterocycles. The molecule has 1 rings (SSSR count). The number of ether oxygens (including phenoxy) is 1. The Kier molecular flexibility index (Phi) is 5.06. The topological polar surface area (TPSA) is 55.2 Å². The molecule has 0 radical (unpaired) electrons. The molecule has 0 unspecified atom stereocenters. The SMILES string of the molecule is OCc1ccnc(CCOCC(F)F)n1. The maximum atomic E-state index is 11.7. The van der Waals surface area contributed by atoms with Crippen molar-refractivity contribution in [1.82, 2.24) is 9.97 Å². The number of aromatic nitrogens is 2. The second kappa shape index (κ2) is 6.36. The van der Waals surface area contributed by atoms with Gasteiger partial charge in [-0.1, -0.05) is 0 Å². The lowest BCUT2D eigenvalue weighted by atomic mass is 10.3. The number of hydrogen-bond acceptors (Lipinski definition) is 4. The fraction of sp³-hybridized carbons (Fsp3) is 0.556. The van der Waals surface area contributed by atoms with Gasteiger partial charge in [0, 0.05) is 12.6 Å². The Balaban J connectivity index is 2.30. The molecule has 0 bridgehead atoms. The van der Waals surface area contributed by atoms with E-state index in [0.717, 1.165) is 0 Å². The number of hydrogen-bond donors (Lipinski definition) is 1. The van der Waals surface area contributed by atoms with Crippen LogP contribution in [0.2, 0.25) is 0 Å². The highest BCUT2D eigenvalue weighted by Crippen LogP contribution is 1.98. The van der Waals surface area contributed by atoms with Crippen LogP contribution >= 0.6 is 0 Å². The monoisotopic (exact) mass is 218 g/mol. The fourth-order valence-electron chi connectivity index (χ4n) is 0.986. The van der Waals surface area contributed by atoms with Crippen molar-refractivity contribution in [2.45, 2.75) is 19.5 Å². The van der Waals surface area contributed by atoms with E-state index in [1.54, 1.807) is 6.07 Å². The third-order valence-electron chi connectivity index (χ3n) is 1.64. The van der Waals surface area contributed by atoms with Crippen LogP contribution in [0.1, 0.15) is 11.5 Å². The van der Waals surface area contributed by atoms with E-state index in [9.17, 15) is 8.78 Å². The van der Waals surface area contributed by atoms with Crippen LogP contribution in [0.3, 0.4) is 0 Å². The molecule has 4 nitrogen and oxygen atoms in total. The second-order valence-corrected chi connectivity index (χ2v) is 2.84. The number of halogens is 2. The summed E-state index contributed by atoms with van der Waals surface area (Å²) in [5.74, 6) is 0.482. The largest absolute Gasteiger partial charge is 0.390 e. The van der Waals surface area contributed by atoms with Crippen molar-refractivity contribution in [2.75, 3.05) is 13.2 Å². The fourth-order valence-corrected chi connectivity index (χ4v) is 0.986. The van der Waals surface area contributed by atoms with Crippen LogP contribution in [0.5, 0.6) is 0 Å². The molecule has 0 aromatic carbocycles. The molecule has 84 valence electrons. The van der Waals surface area contributed by atoms with Gasteiger partial charge in [-0.25, -0.2) is 18.7 Å². The zero-order valence-electron chi connectivity index (χ0n) is 8.07. The minimum atomic E-state index is -2.45. The van der Waals surface area contributed by atoms with Crippen LogP contribution in [-0.2, 0) is 17.8 Å². The summed E-state index contributed by atoms with van der Waals surface area (Å²) in [5, 5.41) is 8.79. The molecule has 1 heterocycles. The van der Waals surface area contributed by atoms with Gasteiger partial charge in [0.15, 0.2) is 0 Å². The van der Waals surface area contributed by atoms with Crippen molar-refractivity contribution < 1.29 is 18.6 Å². The van der Waals surface area contributed by atoms with Gasteiger partial charge in [0.2, 0.25) is 0 Å². The number of rotatable bonds is 6. The molecule has 0 aliphatic rings. The van der Waals surface area contributed by atoms with E-state index in [4.69, 9.17) is 5.11 Å². The van der Waals surface area contributed by atoms with Crippen LogP contribution in [0, 0.1) is 0 Å². The van der Waals surface area contributed by atoms with E-state index in [0.29, 0.717) is 17.9 Å². The lowest BCUT2D eigenvalue weighted by Crippen LogP contribution is -2.09.